The number of amides is 1. The summed E-state index contributed by atoms with van der Waals surface area (Å²) in [4.78, 5) is 11.7. The molecule has 1 amide bonds. The third-order valence-electron chi connectivity index (χ3n) is 2.35. The van der Waals surface area contributed by atoms with Gasteiger partial charge in [0.2, 0.25) is 0 Å². The topological polar surface area (TPSA) is 29.1 Å². The second kappa shape index (κ2) is 6.36. The smallest absolute Gasteiger partial charge is 0.254 e. The first-order valence-electron chi connectivity index (χ1n) is 5.29. The van der Waals surface area contributed by atoms with Crippen LogP contribution in [0.1, 0.15) is 24.2 Å². The Bertz CT molecular complexity index is 411. The largest absolute Gasteiger partial charge is 0.350 e. The van der Waals surface area contributed by atoms with Crippen LogP contribution >= 0.6 is 27.5 Å². The molecule has 94 valence electrons. The van der Waals surface area contributed by atoms with E-state index >= 15 is 0 Å². The van der Waals surface area contributed by atoms with E-state index in [2.05, 4.69) is 21.2 Å². The zero-order chi connectivity index (χ0) is 13.0. The number of carbonyl (C=O) groups is 1. The van der Waals surface area contributed by atoms with Crippen molar-refractivity contribution in [1.82, 2.24) is 5.32 Å². The molecule has 0 saturated carbocycles. The molecule has 1 rings (SSSR count). The normalized spacial score (nSPS) is 12.6. The molecule has 0 bridgehead atoms. The molecule has 17 heavy (non-hydrogen) atoms. The van der Waals surface area contributed by atoms with Crippen LogP contribution in [-0.2, 0) is 0 Å². The van der Waals surface area contributed by atoms with Crippen molar-refractivity contribution in [3.05, 3.63) is 34.1 Å². The Labute approximate surface area is 114 Å². The molecule has 5 heteroatoms. The fraction of sp³-hybridized carbons (Fsp3) is 0.417. The summed E-state index contributed by atoms with van der Waals surface area (Å²) in [6.45, 7) is 4.25. The minimum absolute atomic E-state index is 0.0204. The minimum Gasteiger partial charge on any atom is -0.350 e. The molecule has 0 radical (unpaired) electrons. The van der Waals surface area contributed by atoms with Crippen LogP contribution in [0.25, 0.3) is 0 Å². The molecule has 1 atom stereocenters. The highest BCUT2D eigenvalue weighted by Crippen LogP contribution is 2.15. The molecular weight excluding hydrogens is 308 g/mol. The summed E-state index contributed by atoms with van der Waals surface area (Å²) in [5.41, 5.74) is 0.0204. The zero-order valence-electron chi connectivity index (χ0n) is 9.64. The summed E-state index contributed by atoms with van der Waals surface area (Å²) in [5, 5.41) is 2.46. The van der Waals surface area contributed by atoms with Gasteiger partial charge in [0.15, 0.2) is 0 Å². The van der Waals surface area contributed by atoms with Crippen LogP contribution in [0.4, 0.5) is 4.39 Å². The Morgan fingerprint density at radius 3 is 2.76 bits per heavy atom. The van der Waals surface area contributed by atoms with E-state index in [0.717, 1.165) is 0 Å². The maximum atomic E-state index is 13.4. The van der Waals surface area contributed by atoms with Crippen LogP contribution in [-0.4, -0.2) is 17.8 Å². The highest BCUT2D eigenvalue weighted by Gasteiger charge is 2.15. The number of rotatable bonds is 4. The molecule has 0 fully saturated rings. The van der Waals surface area contributed by atoms with Gasteiger partial charge >= 0.3 is 0 Å². The molecule has 0 spiro atoms. The number of halogens is 3. The molecule has 1 aromatic carbocycles. The average Bonchev–Trinajstić information content (AvgIpc) is 2.28. The molecule has 1 N–H and O–H groups in total. The predicted octanol–water partition coefficient (Wildman–Crippen LogP) is 3.58. The molecule has 2 nitrogen and oxygen atoms in total. The first kappa shape index (κ1) is 14.5. The maximum Gasteiger partial charge on any atom is 0.254 e. The Balaban J connectivity index is 2.67. The van der Waals surface area contributed by atoms with E-state index in [-0.39, 0.29) is 16.9 Å². The highest BCUT2D eigenvalue weighted by molar-refractivity contribution is 9.10. The number of alkyl halides is 1. The lowest BCUT2D eigenvalue weighted by molar-refractivity contribution is 0.0948. The van der Waals surface area contributed by atoms with Crippen LogP contribution < -0.4 is 5.32 Å². The number of hydrogen-bond acceptors (Lipinski definition) is 1. The third kappa shape index (κ3) is 4.28. The third-order valence-corrected chi connectivity index (χ3v) is 3.51. The molecular formula is C12H14BrClFNO. The van der Waals surface area contributed by atoms with E-state index in [9.17, 15) is 9.18 Å². The van der Waals surface area contributed by atoms with E-state index < -0.39 is 11.7 Å². The summed E-state index contributed by atoms with van der Waals surface area (Å²) in [7, 11) is 0. The monoisotopic (exact) mass is 321 g/mol. The van der Waals surface area contributed by atoms with Crippen LogP contribution in [0.15, 0.2) is 22.7 Å². The summed E-state index contributed by atoms with van der Waals surface area (Å²) in [6.07, 6.45) is 0. The van der Waals surface area contributed by atoms with Crippen molar-refractivity contribution in [3.8, 4) is 0 Å². The van der Waals surface area contributed by atoms with Gasteiger partial charge in [0, 0.05) is 11.0 Å². The van der Waals surface area contributed by atoms with Crippen LogP contribution in [0, 0.1) is 11.7 Å². The minimum atomic E-state index is -0.540. The molecule has 0 aliphatic rings. The predicted molar refractivity (Wildman–Crippen MR) is 70.9 cm³/mol. The van der Waals surface area contributed by atoms with Crippen molar-refractivity contribution in [1.29, 1.82) is 0 Å². The number of hydrogen-bond donors (Lipinski definition) is 1. The second-order valence-electron chi connectivity index (χ2n) is 4.09. The zero-order valence-corrected chi connectivity index (χ0v) is 12.0. The van der Waals surface area contributed by atoms with E-state index in [4.69, 9.17) is 11.6 Å². The summed E-state index contributed by atoms with van der Waals surface area (Å²) < 4.78 is 14.1. The van der Waals surface area contributed by atoms with Gasteiger partial charge in [-0.3, -0.25) is 4.79 Å². The van der Waals surface area contributed by atoms with Gasteiger partial charge in [-0.1, -0.05) is 29.8 Å². The first-order chi connectivity index (χ1) is 7.91. The maximum absolute atomic E-state index is 13.4. The van der Waals surface area contributed by atoms with Crippen LogP contribution in [0.2, 0.25) is 0 Å². The molecule has 0 aliphatic heterocycles. The summed E-state index contributed by atoms with van der Waals surface area (Å²) in [5.74, 6) is -0.735. The lowest BCUT2D eigenvalue weighted by Crippen LogP contribution is -2.32. The fourth-order valence-electron chi connectivity index (χ4n) is 1.19. The summed E-state index contributed by atoms with van der Waals surface area (Å²) >= 11 is 9.20. The van der Waals surface area contributed by atoms with Gasteiger partial charge in [-0.25, -0.2) is 4.39 Å². The van der Waals surface area contributed by atoms with Crippen molar-refractivity contribution in [3.63, 3.8) is 0 Å². The van der Waals surface area contributed by atoms with Gasteiger partial charge in [-0.2, -0.15) is 0 Å². The molecule has 0 heterocycles. The quantitative estimate of drug-likeness (QED) is 0.844. The number of benzene rings is 1. The Morgan fingerprint density at radius 2 is 2.18 bits per heavy atom. The van der Waals surface area contributed by atoms with E-state index in [1.54, 1.807) is 6.07 Å². The lowest BCUT2D eigenvalue weighted by Gasteiger charge is -2.14. The van der Waals surface area contributed by atoms with E-state index in [1.165, 1.54) is 12.1 Å². The van der Waals surface area contributed by atoms with E-state index in [1.807, 2.05) is 13.8 Å². The van der Waals surface area contributed by atoms with Crippen LogP contribution in [0.3, 0.4) is 0 Å². The molecule has 1 unspecified atom stereocenters. The highest BCUT2D eigenvalue weighted by atomic mass is 79.9. The van der Waals surface area contributed by atoms with Crippen LogP contribution in [0.5, 0.6) is 0 Å². The Hall–Kier alpha value is -0.610. The molecule has 0 aromatic heterocycles. The van der Waals surface area contributed by atoms with Crippen molar-refractivity contribution in [2.45, 2.75) is 19.2 Å². The molecule has 0 saturated heterocycles. The second-order valence-corrected chi connectivity index (χ2v) is 5.57. The first-order valence-corrected chi connectivity index (χ1v) is 6.52. The average molecular weight is 323 g/mol. The van der Waals surface area contributed by atoms with E-state index in [0.29, 0.717) is 11.0 Å². The van der Waals surface area contributed by atoms with Gasteiger partial charge in [-0.15, -0.1) is 11.6 Å². The Morgan fingerprint density at radius 1 is 1.53 bits per heavy atom. The summed E-state index contributed by atoms with van der Waals surface area (Å²) in [6, 6.07) is 4.24. The van der Waals surface area contributed by atoms with Crippen molar-refractivity contribution in [2.24, 2.45) is 5.92 Å². The lowest BCUT2D eigenvalue weighted by atomic mass is 10.1. The van der Waals surface area contributed by atoms with Crippen molar-refractivity contribution in [2.75, 3.05) is 6.54 Å². The van der Waals surface area contributed by atoms with Gasteiger partial charge in [0.25, 0.3) is 5.91 Å². The van der Waals surface area contributed by atoms with Crippen molar-refractivity contribution >= 4 is 33.4 Å². The fourth-order valence-corrected chi connectivity index (χ4v) is 1.63. The van der Waals surface area contributed by atoms with Gasteiger partial charge in [-0.05, 0) is 24.1 Å². The van der Waals surface area contributed by atoms with Gasteiger partial charge in [0.1, 0.15) is 5.82 Å². The number of carbonyl (C=O) groups excluding carboxylic acids is 1. The molecule has 1 aromatic rings. The SMILES string of the molecule is CC(C)C(Cl)CNC(=O)c1cc(Br)ccc1F. The Kier molecular flexibility index (Phi) is 5.40. The van der Waals surface area contributed by atoms with Gasteiger partial charge < -0.3 is 5.32 Å². The van der Waals surface area contributed by atoms with Crippen molar-refractivity contribution < 1.29 is 9.18 Å². The number of nitrogens with one attached hydrogen (secondary N) is 1. The molecule has 0 aliphatic carbocycles. The van der Waals surface area contributed by atoms with Gasteiger partial charge in [0.05, 0.1) is 10.9 Å². The standard InChI is InChI=1S/C12H14BrClFNO/c1-7(2)10(14)6-16-12(17)9-5-8(13)3-4-11(9)15/h3-5,7,10H,6H2,1-2H3,(H,16,17).